The fourth-order valence-electron chi connectivity index (χ4n) is 4.08. The van der Waals surface area contributed by atoms with Gasteiger partial charge in [-0.1, -0.05) is 112 Å². The van der Waals surface area contributed by atoms with Gasteiger partial charge in [0, 0.05) is 13.0 Å². The van der Waals surface area contributed by atoms with Crippen LogP contribution in [0.4, 0.5) is 0 Å². The van der Waals surface area contributed by atoms with E-state index in [0.717, 1.165) is 70.6 Å². The van der Waals surface area contributed by atoms with Crippen LogP contribution < -0.4 is 11.1 Å². The molecule has 0 heterocycles. The number of allylic oxidation sites excluding steroid dienone is 13. The average molecular weight is 663 g/mol. The predicted molar refractivity (Wildman–Crippen MR) is 193 cm³/mol. The van der Waals surface area contributed by atoms with Crippen LogP contribution >= 0.6 is 7.82 Å². The van der Waals surface area contributed by atoms with Crippen LogP contribution in [0.1, 0.15) is 110 Å². The van der Waals surface area contributed by atoms with Crippen molar-refractivity contribution in [2.45, 2.75) is 122 Å². The number of nitrogens with two attached hydrogens (primary N) is 1. The molecule has 262 valence electrons. The Morgan fingerprint density at radius 2 is 1.26 bits per heavy atom. The number of phosphoric ester groups is 1. The lowest BCUT2D eigenvalue weighted by atomic mass is 10.1. The van der Waals surface area contributed by atoms with E-state index in [1.807, 2.05) is 6.08 Å². The molecule has 0 saturated carbocycles. The lowest BCUT2D eigenvalue weighted by molar-refractivity contribution is -0.123. The molecule has 0 aliphatic rings. The first-order valence-corrected chi connectivity index (χ1v) is 18.7. The Morgan fingerprint density at radius 3 is 1.85 bits per heavy atom. The number of aliphatic hydroxyl groups is 1. The van der Waals surface area contributed by atoms with Crippen LogP contribution in [0.2, 0.25) is 0 Å². The standard InChI is InChI=1S/C37H63N2O6P/c1-3-5-7-9-11-13-15-17-18-19-21-23-25-27-29-31-37(41)39-35(34-45-46(42,43)44-33-32-38)36(40)30-28-26-24-22-20-16-14-12-10-8-6-4-2/h5,7,10-13,17-18,20-23,28,30,35-36,40H,3-4,6,8-9,14-16,19,24-27,29,31-34,38H2,1-2H3,(H,39,41)(H,42,43)/b7-5-,12-10+,13-11-,18-17-,22-20+,23-21-,30-28+. The van der Waals surface area contributed by atoms with E-state index in [9.17, 15) is 19.4 Å². The third kappa shape index (κ3) is 30.3. The van der Waals surface area contributed by atoms with Gasteiger partial charge in [0.05, 0.1) is 25.4 Å². The second-order valence-corrected chi connectivity index (χ2v) is 12.4. The fourth-order valence-corrected chi connectivity index (χ4v) is 4.84. The Hall–Kier alpha value is -2.32. The molecule has 0 aliphatic heterocycles. The minimum Gasteiger partial charge on any atom is -0.387 e. The fraction of sp³-hybridized carbons (Fsp3) is 0.595. The lowest BCUT2D eigenvalue weighted by Crippen LogP contribution is -2.45. The second-order valence-electron chi connectivity index (χ2n) is 11.0. The third-order valence-corrected chi connectivity index (χ3v) is 7.67. The van der Waals surface area contributed by atoms with Gasteiger partial charge < -0.3 is 21.1 Å². The Labute approximate surface area is 279 Å². The van der Waals surface area contributed by atoms with Crippen molar-refractivity contribution in [3.8, 4) is 0 Å². The number of carbonyl (C=O) groups is 1. The van der Waals surface area contributed by atoms with Gasteiger partial charge in [-0.05, 0) is 77.0 Å². The van der Waals surface area contributed by atoms with Crippen molar-refractivity contribution in [3.63, 3.8) is 0 Å². The largest absolute Gasteiger partial charge is 0.472 e. The minimum atomic E-state index is -4.36. The van der Waals surface area contributed by atoms with Gasteiger partial charge in [0.25, 0.3) is 0 Å². The molecule has 0 saturated heterocycles. The van der Waals surface area contributed by atoms with Gasteiger partial charge in [0.15, 0.2) is 0 Å². The third-order valence-electron chi connectivity index (χ3n) is 6.68. The molecule has 0 fully saturated rings. The van der Waals surface area contributed by atoms with Crippen molar-refractivity contribution >= 4 is 13.7 Å². The van der Waals surface area contributed by atoms with Crippen molar-refractivity contribution in [2.75, 3.05) is 19.8 Å². The SMILES string of the molecule is CC/C=C\C/C=C\C/C=C\C/C=C\CCCCC(=O)NC(COP(=O)(O)OCCN)C(O)/C=C/CC/C=C/CC/C=C/CCCC. The van der Waals surface area contributed by atoms with E-state index < -0.39 is 20.0 Å². The van der Waals surface area contributed by atoms with Crippen LogP contribution in [0, 0.1) is 0 Å². The Kier molecular flexibility index (Phi) is 31.0. The highest BCUT2D eigenvalue weighted by atomic mass is 31.2. The molecule has 3 atom stereocenters. The second kappa shape index (κ2) is 32.6. The highest BCUT2D eigenvalue weighted by Crippen LogP contribution is 2.43. The normalized spacial score (nSPS) is 15.5. The summed E-state index contributed by atoms with van der Waals surface area (Å²) in [6.45, 7) is 3.85. The van der Waals surface area contributed by atoms with Gasteiger partial charge in [-0.25, -0.2) is 4.57 Å². The predicted octanol–water partition coefficient (Wildman–Crippen LogP) is 8.71. The summed E-state index contributed by atoms with van der Waals surface area (Å²) in [6, 6.07) is -0.907. The summed E-state index contributed by atoms with van der Waals surface area (Å²) >= 11 is 0. The summed E-state index contributed by atoms with van der Waals surface area (Å²) in [7, 11) is -4.36. The molecule has 5 N–H and O–H groups in total. The zero-order valence-electron chi connectivity index (χ0n) is 28.5. The Bertz CT molecular complexity index is 986. The number of amides is 1. The van der Waals surface area contributed by atoms with Gasteiger partial charge >= 0.3 is 7.82 Å². The van der Waals surface area contributed by atoms with Gasteiger partial charge in [-0.2, -0.15) is 0 Å². The molecule has 3 unspecified atom stereocenters. The zero-order valence-corrected chi connectivity index (χ0v) is 29.4. The molecule has 0 radical (unpaired) electrons. The van der Waals surface area contributed by atoms with Crippen LogP contribution in [0.15, 0.2) is 85.1 Å². The van der Waals surface area contributed by atoms with E-state index in [2.05, 4.69) is 92.1 Å². The van der Waals surface area contributed by atoms with E-state index in [1.54, 1.807) is 6.08 Å². The number of carbonyl (C=O) groups excluding carboxylic acids is 1. The molecule has 0 aliphatic carbocycles. The molecule has 0 aromatic carbocycles. The summed E-state index contributed by atoms with van der Waals surface area (Å²) in [5.41, 5.74) is 5.33. The number of hydrogen-bond acceptors (Lipinski definition) is 6. The molecular weight excluding hydrogens is 599 g/mol. The highest BCUT2D eigenvalue weighted by Gasteiger charge is 2.26. The number of phosphoric acid groups is 1. The molecule has 46 heavy (non-hydrogen) atoms. The summed E-state index contributed by atoms with van der Waals surface area (Å²) in [5.74, 6) is -0.256. The maximum absolute atomic E-state index is 12.6. The van der Waals surface area contributed by atoms with E-state index in [4.69, 9.17) is 14.8 Å². The number of hydrogen-bond donors (Lipinski definition) is 4. The zero-order chi connectivity index (χ0) is 34.0. The molecule has 8 nitrogen and oxygen atoms in total. The molecule has 0 spiro atoms. The van der Waals surface area contributed by atoms with Crippen molar-refractivity contribution < 1.29 is 28.4 Å². The smallest absolute Gasteiger partial charge is 0.387 e. The first kappa shape index (κ1) is 43.7. The first-order chi connectivity index (χ1) is 22.4. The van der Waals surface area contributed by atoms with E-state index in [-0.39, 0.29) is 32.1 Å². The van der Waals surface area contributed by atoms with E-state index in [1.165, 1.54) is 12.8 Å². The number of aliphatic hydroxyl groups excluding tert-OH is 1. The van der Waals surface area contributed by atoms with Crippen LogP contribution in [0.25, 0.3) is 0 Å². The quantitative estimate of drug-likeness (QED) is 0.0344. The van der Waals surface area contributed by atoms with Crippen molar-refractivity contribution in [1.82, 2.24) is 5.32 Å². The summed E-state index contributed by atoms with van der Waals surface area (Å²) in [4.78, 5) is 22.5. The molecule has 9 heteroatoms. The van der Waals surface area contributed by atoms with Crippen LogP contribution in [0.3, 0.4) is 0 Å². The van der Waals surface area contributed by atoms with E-state index >= 15 is 0 Å². The van der Waals surface area contributed by atoms with Gasteiger partial charge in [-0.3, -0.25) is 13.8 Å². The van der Waals surface area contributed by atoms with Crippen molar-refractivity contribution in [3.05, 3.63) is 85.1 Å². The summed E-state index contributed by atoms with van der Waals surface area (Å²) in [6.07, 6.45) is 42.1. The lowest BCUT2D eigenvalue weighted by Gasteiger charge is -2.23. The monoisotopic (exact) mass is 662 g/mol. The Morgan fingerprint density at radius 1 is 0.739 bits per heavy atom. The molecule has 0 aromatic rings. The maximum atomic E-state index is 12.6. The molecular formula is C37H63N2O6P. The van der Waals surface area contributed by atoms with Crippen molar-refractivity contribution in [2.24, 2.45) is 5.73 Å². The molecule has 0 rings (SSSR count). The average Bonchev–Trinajstić information content (AvgIpc) is 3.04. The van der Waals surface area contributed by atoms with Crippen LogP contribution in [-0.2, 0) is 18.4 Å². The number of nitrogens with one attached hydrogen (secondary N) is 1. The molecule has 0 bridgehead atoms. The van der Waals surface area contributed by atoms with Crippen LogP contribution in [0.5, 0.6) is 0 Å². The van der Waals surface area contributed by atoms with Crippen molar-refractivity contribution in [1.29, 1.82) is 0 Å². The molecule has 1 amide bonds. The topological polar surface area (TPSA) is 131 Å². The maximum Gasteiger partial charge on any atom is 0.472 e. The van der Waals surface area contributed by atoms with E-state index in [0.29, 0.717) is 6.42 Å². The van der Waals surface area contributed by atoms with Crippen LogP contribution in [-0.4, -0.2) is 47.8 Å². The van der Waals surface area contributed by atoms with Gasteiger partial charge in [0.2, 0.25) is 5.91 Å². The first-order valence-electron chi connectivity index (χ1n) is 17.2. The Balaban J connectivity index is 4.56. The van der Waals surface area contributed by atoms with Gasteiger partial charge in [0.1, 0.15) is 0 Å². The summed E-state index contributed by atoms with van der Waals surface area (Å²) in [5, 5.41) is 13.5. The highest BCUT2D eigenvalue weighted by molar-refractivity contribution is 7.47. The number of unbranched alkanes of at least 4 members (excludes halogenated alkanes) is 6. The van der Waals surface area contributed by atoms with Gasteiger partial charge in [-0.15, -0.1) is 0 Å². The summed E-state index contributed by atoms with van der Waals surface area (Å²) < 4.78 is 21.9. The minimum absolute atomic E-state index is 0.0600. The molecule has 0 aromatic heterocycles. The number of rotatable bonds is 30.